The van der Waals surface area contributed by atoms with Gasteiger partial charge in [0.25, 0.3) is 5.91 Å². The number of aliphatic hydroxyl groups excluding tert-OH is 1. The molecule has 3 heterocycles. The average molecular weight is 1040 g/mol. The number of aliphatic hydroxyl groups is 1. The number of thiophene rings is 1. The number of carbonyl (C=O) groups is 4. The lowest BCUT2D eigenvalue weighted by Crippen LogP contribution is -2.57. The highest BCUT2D eigenvalue weighted by Gasteiger charge is 2.44. The highest BCUT2D eigenvalue weighted by molar-refractivity contribution is 7.22. The van der Waals surface area contributed by atoms with Gasteiger partial charge in [-0.15, -0.1) is 22.7 Å². The highest BCUT2D eigenvalue weighted by Crippen LogP contribution is 2.47. The van der Waals surface area contributed by atoms with Crippen molar-refractivity contribution >= 4 is 62.6 Å². The van der Waals surface area contributed by atoms with Crippen molar-refractivity contribution in [1.82, 2.24) is 25.9 Å². The number of β-amino-alcohol motifs (C(OH)–C–C–N with tert-alkyl or cyclic N) is 1. The fraction of sp³-hybridized carbons (Fsp3) is 0.298. The Morgan fingerprint density at radius 1 is 0.851 bits per heavy atom. The predicted molar refractivity (Wildman–Crippen MR) is 289 cm³/mol. The summed E-state index contributed by atoms with van der Waals surface area (Å²) >= 11 is 3.02. The summed E-state index contributed by atoms with van der Waals surface area (Å²) in [5.41, 5.74) is 8.52. The number of nitrogens with one attached hydrogen (secondary N) is 3. The van der Waals surface area contributed by atoms with E-state index in [2.05, 4.69) is 26.1 Å². The fourth-order valence-corrected chi connectivity index (χ4v) is 10.6. The van der Waals surface area contributed by atoms with Gasteiger partial charge in [0.2, 0.25) is 17.7 Å². The summed E-state index contributed by atoms with van der Waals surface area (Å²) in [7, 11) is 0. The van der Waals surface area contributed by atoms with Gasteiger partial charge in [-0.05, 0) is 146 Å². The molecule has 6 N–H and O–H groups in total. The number of hydrogen-bond donors (Lipinski definition) is 6. The molecule has 384 valence electrons. The van der Waals surface area contributed by atoms with E-state index in [0.29, 0.717) is 48.7 Å². The van der Waals surface area contributed by atoms with Gasteiger partial charge >= 0.3 is 0 Å². The van der Waals surface area contributed by atoms with Crippen LogP contribution in [-0.4, -0.2) is 86.4 Å². The maximum Gasteiger partial charge on any atom is 0.271 e. The summed E-state index contributed by atoms with van der Waals surface area (Å²) < 4.78 is 13.1. The third kappa shape index (κ3) is 13.1. The number of phenols is 2. The first-order valence-electron chi connectivity index (χ1n) is 24.5. The molecule has 17 heteroatoms. The lowest BCUT2D eigenvalue weighted by atomic mass is 9.85. The normalized spacial score (nSPS) is 15.5. The Morgan fingerprint density at radius 3 is 2.28 bits per heavy atom. The molecule has 1 saturated heterocycles. The number of rotatable bonds is 19. The number of aromatic hydroxyl groups is 2. The number of benzene rings is 5. The molecule has 8 rings (SSSR count). The Bertz CT molecular complexity index is 3130. The number of fused-ring (bicyclic) bond motifs is 1. The van der Waals surface area contributed by atoms with Crippen molar-refractivity contribution in [2.45, 2.75) is 91.0 Å². The second-order valence-electron chi connectivity index (χ2n) is 19.4. The zero-order valence-electron chi connectivity index (χ0n) is 41.8. The summed E-state index contributed by atoms with van der Waals surface area (Å²) in [6, 6.07) is 31.6. The summed E-state index contributed by atoms with van der Waals surface area (Å²) in [5.74, 6) is 0.448. The van der Waals surface area contributed by atoms with Crippen LogP contribution < -0.4 is 25.5 Å². The Morgan fingerprint density at radius 2 is 1.57 bits per heavy atom. The zero-order chi connectivity index (χ0) is 52.5. The highest BCUT2D eigenvalue weighted by atomic mass is 32.1. The molecule has 0 spiro atoms. The third-order valence-corrected chi connectivity index (χ3v) is 14.9. The largest absolute Gasteiger partial charge is 0.508 e. The summed E-state index contributed by atoms with van der Waals surface area (Å²) in [6.45, 7) is 9.87. The van der Waals surface area contributed by atoms with Crippen LogP contribution in [0.25, 0.3) is 31.0 Å². The van der Waals surface area contributed by atoms with E-state index in [1.165, 1.54) is 22.5 Å². The number of aryl methyl sites for hydroxylation is 1. The second kappa shape index (κ2) is 23.5. The van der Waals surface area contributed by atoms with Crippen molar-refractivity contribution in [2.24, 2.45) is 10.5 Å². The van der Waals surface area contributed by atoms with E-state index in [1.807, 2.05) is 76.5 Å². The van der Waals surface area contributed by atoms with E-state index in [0.717, 1.165) is 47.8 Å². The first kappa shape index (κ1) is 52.7. The Balaban J connectivity index is 0.760. The number of thiazole rings is 1. The minimum absolute atomic E-state index is 0.00518. The fourth-order valence-electron chi connectivity index (χ4n) is 8.67. The molecule has 0 saturated carbocycles. The van der Waals surface area contributed by atoms with Gasteiger partial charge in [0.1, 0.15) is 35.1 Å². The van der Waals surface area contributed by atoms with Crippen molar-refractivity contribution in [2.75, 3.05) is 13.2 Å². The van der Waals surface area contributed by atoms with Crippen molar-refractivity contribution in [1.29, 1.82) is 0 Å². The molecule has 74 heavy (non-hydrogen) atoms. The molecule has 4 amide bonds. The van der Waals surface area contributed by atoms with Crippen molar-refractivity contribution < 1.29 is 44.0 Å². The molecule has 1 aliphatic heterocycles. The molecule has 0 aliphatic carbocycles. The number of carbonyl (C=O) groups excluding carboxylic acids is 4. The van der Waals surface area contributed by atoms with Gasteiger partial charge in [0, 0.05) is 35.0 Å². The Hall–Kier alpha value is -7.60. The van der Waals surface area contributed by atoms with E-state index < -0.39 is 35.4 Å². The number of amides is 4. The van der Waals surface area contributed by atoms with Crippen LogP contribution in [0, 0.1) is 12.3 Å². The van der Waals surface area contributed by atoms with Gasteiger partial charge in [0.05, 0.1) is 45.9 Å². The van der Waals surface area contributed by atoms with E-state index in [1.54, 1.807) is 90.2 Å². The monoisotopic (exact) mass is 1040 g/mol. The van der Waals surface area contributed by atoms with Crippen LogP contribution in [0.5, 0.6) is 28.7 Å². The quantitative estimate of drug-likeness (QED) is 0.0256. The Kier molecular flexibility index (Phi) is 16.8. The molecule has 1 fully saturated rings. The molecule has 0 bridgehead atoms. The van der Waals surface area contributed by atoms with Crippen molar-refractivity contribution in [3.63, 3.8) is 0 Å². The number of hydrazone groups is 1. The number of aromatic nitrogens is 1. The van der Waals surface area contributed by atoms with E-state index in [9.17, 15) is 34.5 Å². The van der Waals surface area contributed by atoms with Crippen molar-refractivity contribution in [3.8, 4) is 49.6 Å². The predicted octanol–water partition coefficient (Wildman–Crippen LogP) is 10.3. The van der Waals surface area contributed by atoms with Crippen LogP contribution >= 0.6 is 22.7 Å². The SMILES string of the molecule is Cc1ncsc1-c1ccc(C(C)NC(=O)C2CC(O)CN2C(=O)C(NC(=O)CCCCCOc2ccc(C=NNC(=O)c3cccc(Oc4c(-c5ccc(O)cc5)sc5cc(O)ccc45)c3)cc2)C(C)(C)C)cc1. The molecular formula is C57H60N6O9S2. The van der Waals surface area contributed by atoms with Gasteiger partial charge < -0.3 is 40.3 Å². The lowest BCUT2D eigenvalue weighted by Gasteiger charge is -2.35. The van der Waals surface area contributed by atoms with E-state index in [4.69, 9.17) is 9.47 Å². The van der Waals surface area contributed by atoms with Gasteiger partial charge in [-0.2, -0.15) is 5.10 Å². The molecule has 0 radical (unpaired) electrons. The Labute approximate surface area is 437 Å². The van der Waals surface area contributed by atoms with Gasteiger partial charge in [-0.3, -0.25) is 19.2 Å². The molecule has 7 aromatic rings. The van der Waals surface area contributed by atoms with Crippen LogP contribution in [0.1, 0.15) is 93.0 Å². The van der Waals surface area contributed by atoms with Crippen LogP contribution in [-0.2, 0) is 14.4 Å². The number of unbranched alkanes of at least 4 members (excludes halogenated alkanes) is 2. The second-order valence-corrected chi connectivity index (χ2v) is 21.3. The molecule has 4 atom stereocenters. The number of likely N-dealkylation sites (tertiary alicyclic amines) is 1. The maximum atomic E-state index is 14.1. The first-order valence-corrected chi connectivity index (χ1v) is 26.2. The topological polar surface area (TPSA) is 212 Å². The van der Waals surface area contributed by atoms with Crippen molar-refractivity contribution in [3.05, 3.63) is 143 Å². The van der Waals surface area contributed by atoms with Gasteiger partial charge in [0.15, 0.2) is 5.75 Å². The van der Waals surface area contributed by atoms with Crippen LogP contribution in [0.3, 0.4) is 0 Å². The number of nitrogens with zero attached hydrogens (tertiary/aromatic N) is 3. The van der Waals surface area contributed by atoms with Crippen LogP contribution in [0.2, 0.25) is 0 Å². The average Bonchev–Trinajstić information content (AvgIpc) is 4.10. The molecular weight excluding hydrogens is 977 g/mol. The molecule has 5 aromatic carbocycles. The smallest absolute Gasteiger partial charge is 0.271 e. The van der Waals surface area contributed by atoms with E-state index >= 15 is 0 Å². The number of ether oxygens (including phenoxy) is 2. The molecule has 1 aliphatic rings. The maximum absolute atomic E-state index is 14.1. The number of phenolic OH excluding ortho intramolecular Hbond substituents is 2. The van der Waals surface area contributed by atoms with E-state index in [-0.39, 0.29) is 48.7 Å². The molecule has 2 aromatic heterocycles. The summed E-state index contributed by atoms with van der Waals surface area (Å²) in [4.78, 5) is 61.8. The minimum Gasteiger partial charge on any atom is -0.508 e. The lowest BCUT2D eigenvalue weighted by molar-refractivity contribution is -0.144. The molecule has 4 unspecified atom stereocenters. The molecule has 15 nitrogen and oxygen atoms in total. The summed E-state index contributed by atoms with van der Waals surface area (Å²) in [6.07, 6.45) is 2.95. The standard InChI is InChI=1S/C57H60N6O9S2/c1-34(37-15-17-38(18-16-37)51-35(2)58-33-73-51)60-55(69)47-29-43(66)32-63(47)56(70)53(57(3,4)5)61-49(67)12-7-6-8-27-71-44-24-13-36(14-25-44)31-59-62-54(68)40-10-9-11-45(28-40)72-50-46-26-23-42(65)30-48(46)74-52(50)39-19-21-41(64)22-20-39/h9-11,13-26,28,30-31,33-34,43,47,53,64-66H,6-8,12,27,29,32H2,1-5H3,(H,60,69)(H,61,67)(H,62,68). The van der Waals surface area contributed by atoms with Gasteiger partial charge in [-0.25, -0.2) is 10.4 Å². The number of hydrogen-bond acceptors (Lipinski definition) is 13. The zero-order valence-corrected chi connectivity index (χ0v) is 43.5. The minimum atomic E-state index is -0.911. The third-order valence-electron chi connectivity index (χ3n) is 12.7. The van der Waals surface area contributed by atoms with Crippen LogP contribution in [0.15, 0.2) is 126 Å². The summed E-state index contributed by atoms with van der Waals surface area (Å²) in [5, 5.41) is 41.5. The first-order chi connectivity index (χ1) is 35.5. The van der Waals surface area contributed by atoms with Crippen LogP contribution in [0.4, 0.5) is 0 Å². The van der Waals surface area contributed by atoms with Gasteiger partial charge in [-0.1, -0.05) is 51.1 Å².